The van der Waals surface area contributed by atoms with Crippen molar-refractivity contribution in [3.63, 3.8) is 0 Å². The number of hydrogen-bond acceptors (Lipinski definition) is 4. The van der Waals surface area contributed by atoms with Crippen molar-refractivity contribution >= 4 is 27.4 Å². The first-order valence-corrected chi connectivity index (χ1v) is 6.78. The second kappa shape index (κ2) is 4.28. The van der Waals surface area contributed by atoms with Crippen LogP contribution in [0.2, 0.25) is 0 Å². The molecule has 0 atom stereocenters. The average Bonchev–Trinajstić information content (AvgIpc) is 2.89. The van der Waals surface area contributed by atoms with Gasteiger partial charge in [0.25, 0.3) is 0 Å². The lowest BCUT2D eigenvalue weighted by atomic mass is 10.3. The number of hydrogen-bond donors (Lipinski definition) is 1. The van der Waals surface area contributed by atoms with Crippen LogP contribution in [0.1, 0.15) is 4.88 Å². The van der Waals surface area contributed by atoms with Crippen LogP contribution in [0.5, 0.6) is 5.75 Å². The predicted octanol–water partition coefficient (Wildman–Crippen LogP) is 3.20. The maximum Gasteiger partial charge on any atom is 0.143 e. The standard InChI is InChI=1S/C14H15N3OS/c1-8-6-10(13(15)19-8)14-16-11-7-9(18-3)4-5-12(11)17(14)2/h4-7H,15H2,1-3H3. The molecule has 5 heteroatoms. The molecule has 3 rings (SSSR count). The van der Waals surface area contributed by atoms with Gasteiger partial charge in [0.1, 0.15) is 11.6 Å². The smallest absolute Gasteiger partial charge is 0.143 e. The number of anilines is 1. The average molecular weight is 273 g/mol. The number of rotatable bonds is 2. The van der Waals surface area contributed by atoms with E-state index in [2.05, 4.69) is 22.5 Å². The number of aromatic nitrogens is 2. The number of fused-ring (bicyclic) bond motifs is 1. The lowest BCUT2D eigenvalue weighted by molar-refractivity contribution is 0.415. The van der Waals surface area contributed by atoms with Crippen LogP contribution in [0.4, 0.5) is 5.00 Å². The summed E-state index contributed by atoms with van der Waals surface area (Å²) in [7, 11) is 3.66. The molecular weight excluding hydrogens is 258 g/mol. The summed E-state index contributed by atoms with van der Waals surface area (Å²) >= 11 is 1.59. The largest absolute Gasteiger partial charge is 0.497 e. The number of nitrogens with zero attached hydrogens (tertiary/aromatic N) is 2. The first kappa shape index (κ1) is 12.0. The molecule has 2 heterocycles. The minimum atomic E-state index is 0.808. The van der Waals surface area contributed by atoms with Gasteiger partial charge in [0, 0.05) is 18.0 Å². The summed E-state index contributed by atoms with van der Waals surface area (Å²) in [6.07, 6.45) is 0. The molecule has 0 fully saturated rings. The van der Waals surface area contributed by atoms with Crippen molar-refractivity contribution in [2.75, 3.05) is 12.8 Å². The lowest BCUT2D eigenvalue weighted by Crippen LogP contribution is -1.93. The molecule has 0 aliphatic heterocycles. The first-order valence-electron chi connectivity index (χ1n) is 5.97. The van der Waals surface area contributed by atoms with E-state index in [9.17, 15) is 0 Å². The van der Waals surface area contributed by atoms with Crippen LogP contribution in [0, 0.1) is 6.92 Å². The highest BCUT2D eigenvalue weighted by Gasteiger charge is 2.14. The van der Waals surface area contributed by atoms with Gasteiger partial charge >= 0.3 is 0 Å². The van der Waals surface area contributed by atoms with Crippen LogP contribution < -0.4 is 10.5 Å². The number of benzene rings is 1. The fourth-order valence-electron chi connectivity index (χ4n) is 2.25. The fourth-order valence-corrected chi connectivity index (χ4v) is 3.04. The monoisotopic (exact) mass is 273 g/mol. The molecule has 0 aliphatic rings. The molecule has 2 N–H and O–H groups in total. The summed E-state index contributed by atoms with van der Waals surface area (Å²) in [5.74, 6) is 1.71. The number of nitrogen functional groups attached to an aromatic ring is 1. The van der Waals surface area contributed by atoms with Crippen LogP contribution in [0.25, 0.3) is 22.4 Å². The molecule has 1 aromatic carbocycles. The molecule has 19 heavy (non-hydrogen) atoms. The van der Waals surface area contributed by atoms with Gasteiger partial charge in [-0.1, -0.05) is 0 Å². The summed E-state index contributed by atoms with van der Waals surface area (Å²) in [6, 6.07) is 7.97. The Morgan fingerprint density at radius 3 is 2.74 bits per heavy atom. The molecular formula is C14H15N3OS. The maximum atomic E-state index is 6.06. The zero-order valence-corrected chi connectivity index (χ0v) is 11.9. The summed E-state index contributed by atoms with van der Waals surface area (Å²) in [5, 5.41) is 0.808. The zero-order valence-electron chi connectivity index (χ0n) is 11.1. The van der Waals surface area contributed by atoms with Crippen molar-refractivity contribution in [1.82, 2.24) is 9.55 Å². The van der Waals surface area contributed by atoms with Crippen molar-refractivity contribution in [2.24, 2.45) is 7.05 Å². The number of nitrogens with two attached hydrogens (primary N) is 1. The summed E-state index contributed by atoms with van der Waals surface area (Å²) < 4.78 is 7.30. The van der Waals surface area contributed by atoms with Gasteiger partial charge in [-0.25, -0.2) is 4.98 Å². The molecule has 0 saturated carbocycles. The van der Waals surface area contributed by atoms with Gasteiger partial charge in [0.15, 0.2) is 0 Å². The molecule has 98 valence electrons. The van der Waals surface area contributed by atoms with Gasteiger partial charge in [-0.15, -0.1) is 11.3 Å². The van der Waals surface area contributed by atoms with Crippen molar-refractivity contribution < 1.29 is 4.74 Å². The molecule has 0 amide bonds. The predicted molar refractivity (Wildman–Crippen MR) is 79.7 cm³/mol. The van der Waals surface area contributed by atoms with E-state index in [1.165, 1.54) is 4.88 Å². The molecule has 0 bridgehead atoms. The van der Waals surface area contributed by atoms with E-state index in [1.807, 2.05) is 25.2 Å². The van der Waals surface area contributed by atoms with Crippen LogP contribution in [-0.2, 0) is 7.05 Å². The minimum Gasteiger partial charge on any atom is -0.497 e. The molecule has 0 aliphatic carbocycles. The second-order valence-corrected chi connectivity index (χ2v) is 5.77. The van der Waals surface area contributed by atoms with Crippen molar-refractivity contribution in [1.29, 1.82) is 0 Å². The molecule has 0 unspecified atom stereocenters. The van der Waals surface area contributed by atoms with E-state index in [-0.39, 0.29) is 0 Å². The summed E-state index contributed by atoms with van der Waals surface area (Å²) in [6.45, 7) is 2.05. The van der Waals surface area contributed by atoms with Crippen LogP contribution in [-0.4, -0.2) is 16.7 Å². The van der Waals surface area contributed by atoms with Crippen LogP contribution >= 0.6 is 11.3 Å². The van der Waals surface area contributed by atoms with E-state index >= 15 is 0 Å². The van der Waals surface area contributed by atoms with Gasteiger partial charge in [0.05, 0.1) is 28.7 Å². The Balaban J connectivity index is 2.24. The molecule has 2 aromatic heterocycles. The zero-order chi connectivity index (χ0) is 13.6. The number of thiophene rings is 1. The molecule has 0 radical (unpaired) electrons. The van der Waals surface area contributed by atoms with Gasteiger partial charge in [-0.3, -0.25) is 0 Å². The van der Waals surface area contributed by atoms with Gasteiger partial charge in [0.2, 0.25) is 0 Å². The summed E-state index contributed by atoms with van der Waals surface area (Å²) in [5.41, 5.74) is 9.05. The molecule has 3 aromatic rings. The third-order valence-electron chi connectivity index (χ3n) is 3.21. The van der Waals surface area contributed by atoms with E-state index in [0.717, 1.165) is 33.2 Å². The summed E-state index contributed by atoms with van der Waals surface area (Å²) in [4.78, 5) is 5.87. The first-order chi connectivity index (χ1) is 9.10. The number of methoxy groups -OCH3 is 1. The van der Waals surface area contributed by atoms with E-state index in [1.54, 1.807) is 18.4 Å². The third-order valence-corrected chi connectivity index (χ3v) is 4.09. The van der Waals surface area contributed by atoms with Gasteiger partial charge in [-0.2, -0.15) is 0 Å². The normalized spacial score (nSPS) is 11.1. The van der Waals surface area contributed by atoms with E-state index in [0.29, 0.717) is 0 Å². The Morgan fingerprint density at radius 2 is 2.11 bits per heavy atom. The molecule has 0 saturated heterocycles. The third kappa shape index (κ3) is 1.86. The van der Waals surface area contributed by atoms with Gasteiger partial charge in [-0.05, 0) is 25.1 Å². The highest BCUT2D eigenvalue weighted by molar-refractivity contribution is 7.16. The molecule has 0 spiro atoms. The van der Waals surface area contributed by atoms with Crippen molar-refractivity contribution in [2.45, 2.75) is 6.92 Å². The Hall–Kier alpha value is -2.01. The Kier molecular flexibility index (Phi) is 2.71. The van der Waals surface area contributed by atoms with Crippen molar-refractivity contribution in [3.8, 4) is 17.1 Å². The highest BCUT2D eigenvalue weighted by Crippen LogP contribution is 2.34. The SMILES string of the molecule is COc1ccc2c(c1)nc(-c1cc(C)sc1N)n2C. The van der Waals surface area contributed by atoms with Crippen LogP contribution in [0.15, 0.2) is 24.3 Å². The number of aryl methyl sites for hydroxylation is 2. The van der Waals surface area contributed by atoms with Crippen molar-refractivity contribution in [3.05, 3.63) is 29.1 Å². The minimum absolute atomic E-state index is 0.808. The van der Waals surface area contributed by atoms with E-state index < -0.39 is 0 Å². The number of imidazole rings is 1. The quantitative estimate of drug-likeness (QED) is 0.780. The molecule has 4 nitrogen and oxygen atoms in total. The second-order valence-electron chi connectivity index (χ2n) is 4.48. The fraction of sp³-hybridized carbons (Fsp3) is 0.214. The maximum absolute atomic E-state index is 6.06. The van der Waals surface area contributed by atoms with Gasteiger partial charge < -0.3 is 15.0 Å². The number of ether oxygens (including phenoxy) is 1. The van der Waals surface area contributed by atoms with E-state index in [4.69, 9.17) is 10.5 Å². The Morgan fingerprint density at radius 1 is 1.32 bits per heavy atom. The highest BCUT2D eigenvalue weighted by atomic mass is 32.1. The Bertz CT molecular complexity index is 757. The topological polar surface area (TPSA) is 53.1 Å². The lowest BCUT2D eigenvalue weighted by Gasteiger charge is -2.01. The Labute approximate surface area is 115 Å². The van der Waals surface area contributed by atoms with Crippen LogP contribution in [0.3, 0.4) is 0 Å².